The highest BCUT2D eigenvalue weighted by atomic mass is 79.9. The van der Waals surface area contributed by atoms with E-state index in [1.54, 1.807) is 6.07 Å². The van der Waals surface area contributed by atoms with E-state index in [9.17, 15) is 4.79 Å². The smallest absolute Gasteiger partial charge is 0.257 e. The van der Waals surface area contributed by atoms with Gasteiger partial charge in [-0.15, -0.1) is 12.4 Å². The predicted molar refractivity (Wildman–Crippen MR) is 62.4 cm³/mol. The average molecular weight is 296 g/mol. The molecule has 84 valence electrons. The van der Waals surface area contributed by atoms with Crippen molar-refractivity contribution in [2.45, 2.75) is 0 Å². The molecule has 1 fully saturated rings. The first-order chi connectivity index (χ1) is 6.77. The molecule has 0 radical (unpaired) electrons. The van der Waals surface area contributed by atoms with Gasteiger partial charge in [-0.1, -0.05) is 0 Å². The van der Waals surface area contributed by atoms with Crippen LogP contribution in [0.3, 0.4) is 0 Å². The van der Waals surface area contributed by atoms with Crippen LogP contribution in [0.2, 0.25) is 0 Å². The molecule has 1 aliphatic rings. The number of rotatable bonds is 1. The van der Waals surface area contributed by atoms with Crippen LogP contribution < -0.4 is 5.32 Å². The number of nitrogens with zero attached hydrogens (tertiary/aromatic N) is 1. The Balaban J connectivity index is 0.00000112. The SMILES string of the molecule is Cl.O=C(c1coc(Br)c1)N1CCNCC1. The van der Waals surface area contributed by atoms with Gasteiger partial charge in [0.1, 0.15) is 6.26 Å². The molecule has 0 atom stereocenters. The molecule has 1 aromatic rings. The summed E-state index contributed by atoms with van der Waals surface area (Å²) in [6.07, 6.45) is 1.48. The lowest BCUT2D eigenvalue weighted by Crippen LogP contribution is -2.46. The number of furan rings is 1. The van der Waals surface area contributed by atoms with Gasteiger partial charge < -0.3 is 14.6 Å². The van der Waals surface area contributed by atoms with Crippen molar-refractivity contribution in [3.63, 3.8) is 0 Å². The van der Waals surface area contributed by atoms with Gasteiger partial charge in [0.25, 0.3) is 5.91 Å². The van der Waals surface area contributed by atoms with Gasteiger partial charge in [0.2, 0.25) is 0 Å². The summed E-state index contributed by atoms with van der Waals surface area (Å²) in [5, 5.41) is 3.20. The second-order valence-corrected chi connectivity index (χ2v) is 3.96. The van der Waals surface area contributed by atoms with Crippen LogP contribution in [-0.4, -0.2) is 37.0 Å². The second kappa shape index (κ2) is 5.53. The Morgan fingerprint density at radius 3 is 2.67 bits per heavy atom. The summed E-state index contributed by atoms with van der Waals surface area (Å²) >= 11 is 3.17. The van der Waals surface area contributed by atoms with E-state index < -0.39 is 0 Å². The molecule has 0 spiro atoms. The Hall–Kier alpha value is -0.520. The molecule has 1 saturated heterocycles. The van der Waals surface area contributed by atoms with Crippen LogP contribution in [0.1, 0.15) is 10.4 Å². The van der Waals surface area contributed by atoms with Crippen LogP contribution >= 0.6 is 28.3 Å². The van der Waals surface area contributed by atoms with Crippen molar-refractivity contribution in [1.82, 2.24) is 10.2 Å². The number of carbonyl (C=O) groups is 1. The predicted octanol–water partition coefficient (Wildman–Crippen LogP) is 1.51. The van der Waals surface area contributed by atoms with Gasteiger partial charge in [-0.05, 0) is 15.9 Å². The fourth-order valence-corrected chi connectivity index (χ4v) is 1.81. The van der Waals surface area contributed by atoms with Crippen molar-refractivity contribution < 1.29 is 9.21 Å². The minimum Gasteiger partial charge on any atom is -0.457 e. The Kier molecular flexibility index (Phi) is 4.63. The van der Waals surface area contributed by atoms with E-state index in [4.69, 9.17) is 4.42 Å². The van der Waals surface area contributed by atoms with Crippen molar-refractivity contribution in [3.8, 4) is 0 Å². The first kappa shape index (κ1) is 12.5. The van der Waals surface area contributed by atoms with E-state index in [0.29, 0.717) is 10.2 Å². The van der Waals surface area contributed by atoms with Gasteiger partial charge >= 0.3 is 0 Å². The molecule has 0 bridgehead atoms. The number of hydrogen-bond acceptors (Lipinski definition) is 3. The van der Waals surface area contributed by atoms with Crippen LogP contribution in [-0.2, 0) is 0 Å². The molecule has 0 unspecified atom stereocenters. The Morgan fingerprint density at radius 1 is 1.47 bits per heavy atom. The van der Waals surface area contributed by atoms with Gasteiger partial charge in [0.15, 0.2) is 4.67 Å². The lowest BCUT2D eigenvalue weighted by Gasteiger charge is -2.26. The summed E-state index contributed by atoms with van der Waals surface area (Å²) in [6, 6.07) is 1.70. The minimum atomic E-state index is 0. The quantitative estimate of drug-likeness (QED) is 0.854. The lowest BCUT2D eigenvalue weighted by atomic mass is 10.2. The van der Waals surface area contributed by atoms with Crippen molar-refractivity contribution in [1.29, 1.82) is 0 Å². The molecule has 0 aromatic carbocycles. The first-order valence-electron chi connectivity index (χ1n) is 4.51. The third-order valence-electron chi connectivity index (χ3n) is 2.22. The maximum atomic E-state index is 11.8. The molecule has 15 heavy (non-hydrogen) atoms. The van der Waals surface area contributed by atoms with Crippen LogP contribution in [0, 0.1) is 0 Å². The van der Waals surface area contributed by atoms with Gasteiger partial charge in [-0.3, -0.25) is 4.79 Å². The summed E-state index contributed by atoms with van der Waals surface area (Å²) in [7, 11) is 0. The largest absolute Gasteiger partial charge is 0.457 e. The van der Waals surface area contributed by atoms with E-state index in [-0.39, 0.29) is 18.3 Å². The normalized spacial score (nSPS) is 15.9. The van der Waals surface area contributed by atoms with Gasteiger partial charge in [0, 0.05) is 32.2 Å². The van der Waals surface area contributed by atoms with Crippen molar-refractivity contribution >= 4 is 34.2 Å². The molecule has 1 aromatic heterocycles. The van der Waals surface area contributed by atoms with Crippen molar-refractivity contribution in [2.24, 2.45) is 0 Å². The number of piperazine rings is 1. The van der Waals surface area contributed by atoms with Gasteiger partial charge in [0.05, 0.1) is 5.56 Å². The van der Waals surface area contributed by atoms with E-state index in [1.807, 2.05) is 4.90 Å². The average Bonchev–Trinajstić information content (AvgIpc) is 2.65. The molecule has 1 aliphatic heterocycles. The van der Waals surface area contributed by atoms with Gasteiger partial charge in [-0.25, -0.2) is 0 Å². The summed E-state index contributed by atoms with van der Waals surface area (Å²) in [4.78, 5) is 13.7. The Labute approximate surface area is 103 Å². The Morgan fingerprint density at radius 2 is 2.13 bits per heavy atom. The van der Waals surface area contributed by atoms with Crippen LogP contribution in [0.25, 0.3) is 0 Å². The molecule has 0 saturated carbocycles. The molecule has 1 N–H and O–H groups in total. The van der Waals surface area contributed by atoms with Crippen molar-refractivity contribution in [3.05, 3.63) is 22.6 Å². The third kappa shape index (κ3) is 2.96. The molecular weight excluding hydrogens is 283 g/mol. The summed E-state index contributed by atoms with van der Waals surface area (Å²) < 4.78 is 5.62. The number of halogens is 2. The molecular formula is C9H12BrClN2O2. The molecule has 2 rings (SSSR count). The zero-order valence-electron chi connectivity index (χ0n) is 8.03. The molecule has 4 nitrogen and oxygen atoms in total. The highest BCUT2D eigenvalue weighted by Gasteiger charge is 2.19. The fraction of sp³-hybridized carbons (Fsp3) is 0.444. The third-order valence-corrected chi connectivity index (χ3v) is 2.63. The molecule has 0 aliphatic carbocycles. The standard InChI is InChI=1S/C9H11BrN2O2.ClH/c10-8-5-7(6-14-8)9(13)12-3-1-11-2-4-12;/h5-6,11H,1-4H2;1H. The maximum Gasteiger partial charge on any atom is 0.257 e. The number of hydrogen-bond donors (Lipinski definition) is 1. The number of amides is 1. The van der Waals surface area contributed by atoms with E-state index >= 15 is 0 Å². The van der Waals surface area contributed by atoms with Crippen LogP contribution in [0.15, 0.2) is 21.4 Å². The topological polar surface area (TPSA) is 45.5 Å². The summed E-state index contributed by atoms with van der Waals surface area (Å²) in [6.45, 7) is 3.26. The summed E-state index contributed by atoms with van der Waals surface area (Å²) in [5.41, 5.74) is 0.610. The zero-order valence-corrected chi connectivity index (χ0v) is 10.4. The van der Waals surface area contributed by atoms with E-state index in [0.717, 1.165) is 26.2 Å². The Bertz CT molecular complexity index is 337. The molecule has 2 heterocycles. The van der Waals surface area contributed by atoms with E-state index in [2.05, 4.69) is 21.2 Å². The number of carbonyl (C=O) groups excluding carboxylic acids is 1. The second-order valence-electron chi connectivity index (χ2n) is 3.18. The highest BCUT2D eigenvalue weighted by molar-refractivity contribution is 9.10. The lowest BCUT2D eigenvalue weighted by molar-refractivity contribution is 0.0735. The van der Waals surface area contributed by atoms with E-state index in [1.165, 1.54) is 6.26 Å². The molecule has 1 amide bonds. The highest BCUT2D eigenvalue weighted by Crippen LogP contribution is 2.15. The fourth-order valence-electron chi connectivity index (χ4n) is 1.47. The summed E-state index contributed by atoms with van der Waals surface area (Å²) in [5.74, 6) is 0.0425. The van der Waals surface area contributed by atoms with Crippen molar-refractivity contribution in [2.75, 3.05) is 26.2 Å². The molecule has 6 heteroatoms. The maximum absolute atomic E-state index is 11.8. The van der Waals surface area contributed by atoms with Crippen LogP contribution in [0.5, 0.6) is 0 Å². The van der Waals surface area contributed by atoms with Crippen LogP contribution in [0.4, 0.5) is 0 Å². The monoisotopic (exact) mass is 294 g/mol. The number of nitrogens with one attached hydrogen (secondary N) is 1. The van der Waals surface area contributed by atoms with Gasteiger partial charge in [-0.2, -0.15) is 0 Å². The zero-order chi connectivity index (χ0) is 9.97. The minimum absolute atomic E-state index is 0. The first-order valence-corrected chi connectivity index (χ1v) is 5.31.